The van der Waals surface area contributed by atoms with E-state index in [4.69, 9.17) is 4.74 Å². The lowest BCUT2D eigenvalue weighted by atomic mass is 9.94. The van der Waals surface area contributed by atoms with Crippen LogP contribution >= 0.6 is 11.3 Å². The van der Waals surface area contributed by atoms with Gasteiger partial charge in [-0.25, -0.2) is 9.97 Å². The largest absolute Gasteiger partial charge is 0.460 e. The van der Waals surface area contributed by atoms with E-state index in [1.807, 2.05) is 39.1 Å². The average molecular weight is 527 g/mol. The number of hydrogen-bond donors (Lipinski definition) is 2. The molecule has 3 aromatic heterocycles. The van der Waals surface area contributed by atoms with Gasteiger partial charge in [0.05, 0.1) is 21.9 Å². The van der Waals surface area contributed by atoms with Crippen LogP contribution in [-0.2, 0) is 9.53 Å². The van der Waals surface area contributed by atoms with Gasteiger partial charge in [-0.1, -0.05) is 39.2 Å². The standard InChI is InChI=1S/C28H38N4O4S/c1-6-18(11-8-9-12-19(7-2)27(35)36-28(3,4)5)17-30-26(34)20-14-15-29-24-22(20)31-25(32-24)23(33)21-13-10-16-37-21/h10,13-16,18-19H,6-9,11-12,17H2,1-5H3,(H,30,34)(H,29,31,32). The monoisotopic (exact) mass is 526 g/mol. The van der Waals surface area contributed by atoms with E-state index in [0.29, 0.717) is 34.1 Å². The Morgan fingerprint density at radius 2 is 1.86 bits per heavy atom. The molecule has 2 unspecified atom stereocenters. The molecule has 0 saturated heterocycles. The SMILES string of the molecule is CCC(CCCCC(CC)C(=O)OC(C)(C)C)CNC(=O)c1ccnc2nc(C(=O)c3cccs3)[nH]c12. The first kappa shape index (κ1) is 28.5. The summed E-state index contributed by atoms with van der Waals surface area (Å²) in [6.45, 7) is 10.4. The number of aromatic nitrogens is 3. The van der Waals surface area contributed by atoms with E-state index in [9.17, 15) is 14.4 Å². The molecule has 3 heterocycles. The Hall–Kier alpha value is -3.07. The Bertz CT molecular complexity index is 1200. The zero-order chi connectivity index (χ0) is 27.0. The number of carbonyl (C=O) groups is 3. The Morgan fingerprint density at radius 3 is 2.51 bits per heavy atom. The summed E-state index contributed by atoms with van der Waals surface area (Å²) >= 11 is 1.34. The average Bonchev–Trinajstić information content (AvgIpc) is 3.54. The molecule has 200 valence electrons. The lowest BCUT2D eigenvalue weighted by Crippen LogP contribution is -2.29. The van der Waals surface area contributed by atoms with Gasteiger partial charge in [0.2, 0.25) is 5.78 Å². The molecule has 37 heavy (non-hydrogen) atoms. The molecule has 9 heteroatoms. The van der Waals surface area contributed by atoms with Crippen molar-refractivity contribution in [3.63, 3.8) is 0 Å². The minimum atomic E-state index is -0.465. The van der Waals surface area contributed by atoms with Gasteiger partial charge in [0.15, 0.2) is 11.5 Å². The van der Waals surface area contributed by atoms with Crippen LogP contribution in [0.5, 0.6) is 0 Å². The third-order valence-corrected chi connectivity index (χ3v) is 7.24. The minimum Gasteiger partial charge on any atom is -0.460 e. The number of nitrogens with zero attached hydrogens (tertiary/aromatic N) is 2. The summed E-state index contributed by atoms with van der Waals surface area (Å²) in [6.07, 6.45) is 6.97. The summed E-state index contributed by atoms with van der Waals surface area (Å²) < 4.78 is 5.54. The Labute approximate surface area is 222 Å². The van der Waals surface area contributed by atoms with E-state index in [1.165, 1.54) is 17.5 Å². The second kappa shape index (κ2) is 12.9. The number of unbranched alkanes of at least 4 members (excludes halogenated alkanes) is 1. The van der Waals surface area contributed by atoms with Gasteiger partial charge in [-0.05, 0) is 63.5 Å². The van der Waals surface area contributed by atoms with E-state index in [0.717, 1.165) is 38.5 Å². The molecule has 0 fully saturated rings. The molecule has 0 radical (unpaired) electrons. The Morgan fingerprint density at radius 1 is 1.11 bits per heavy atom. The number of imidazole rings is 1. The number of rotatable bonds is 13. The van der Waals surface area contributed by atoms with Crippen molar-refractivity contribution < 1.29 is 19.1 Å². The van der Waals surface area contributed by atoms with Crippen molar-refractivity contribution in [1.29, 1.82) is 0 Å². The maximum absolute atomic E-state index is 13.0. The van der Waals surface area contributed by atoms with Crippen LogP contribution in [0.15, 0.2) is 29.8 Å². The van der Waals surface area contributed by atoms with Crippen molar-refractivity contribution in [3.05, 3.63) is 46.0 Å². The van der Waals surface area contributed by atoms with Gasteiger partial charge in [-0.3, -0.25) is 14.4 Å². The molecule has 3 aromatic rings. The number of carbonyl (C=O) groups excluding carboxylic acids is 3. The molecule has 2 N–H and O–H groups in total. The third-order valence-electron chi connectivity index (χ3n) is 6.37. The van der Waals surface area contributed by atoms with Crippen LogP contribution in [0, 0.1) is 11.8 Å². The lowest BCUT2D eigenvalue weighted by Gasteiger charge is -2.23. The number of thiophene rings is 1. The highest BCUT2D eigenvalue weighted by Crippen LogP contribution is 2.22. The summed E-state index contributed by atoms with van der Waals surface area (Å²) in [5.41, 5.74) is 0.754. The number of nitrogens with one attached hydrogen (secondary N) is 2. The fourth-order valence-electron chi connectivity index (χ4n) is 4.21. The first-order valence-electron chi connectivity index (χ1n) is 13.1. The highest BCUT2D eigenvalue weighted by atomic mass is 32.1. The molecule has 0 aliphatic heterocycles. The van der Waals surface area contributed by atoms with Crippen molar-refractivity contribution in [1.82, 2.24) is 20.3 Å². The predicted molar refractivity (Wildman–Crippen MR) is 146 cm³/mol. The molecule has 0 saturated carbocycles. The van der Waals surface area contributed by atoms with Crippen LogP contribution in [-0.4, -0.2) is 44.8 Å². The van der Waals surface area contributed by atoms with Crippen molar-refractivity contribution in [2.45, 2.75) is 78.7 Å². The summed E-state index contributed by atoms with van der Waals surface area (Å²) in [5.74, 6) is -0.117. The number of aromatic amines is 1. The van der Waals surface area contributed by atoms with Gasteiger partial charge in [0.25, 0.3) is 5.91 Å². The number of hydrogen-bond acceptors (Lipinski definition) is 7. The zero-order valence-corrected chi connectivity index (χ0v) is 23.2. The van der Waals surface area contributed by atoms with Crippen LogP contribution in [0.25, 0.3) is 11.2 Å². The van der Waals surface area contributed by atoms with Crippen LogP contribution in [0.1, 0.15) is 99.0 Å². The quantitative estimate of drug-likeness (QED) is 0.162. The summed E-state index contributed by atoms with van der Waals surface area (Å²) in [6, 6.07) is 5.19. The molecule has 0 aliphatic rings. The number of ketones is 1. The van der Waals surface area contributed by atoms with Crippen LogP contribution < -0.4 is 5.32 Å². The topological polar surface area (TPSA) is 114 Å². The van der Waals surface area contributed by atoms with Gasteiger partial charge < -0.3 is 15.0 Å². The van der Waals surface area contributed by atoms with Crippen molar-refractivity contribution in [2.24, 2.45) is 11.8 Å². The lowest BCUT2D eigenvalue weighted by molar-refractivity contribution is -0.160. The molecule has 0 bridgehead atoms. The van der Waals surface area contributed by atoms with Crippen molar-refractivity contribution in [3.8, 4) is 0 Å². The van der Waals surface area contributed by atoms with Crippen molar-refractivity contribution in [2.75, 3.05) is 6.54 Å². The number of esters is 1. The maximum atomic E-state index is 13.0. The van der Waals surface area contributed by atoms with E-state index in [1.54, 1.807) is 12.1 Å². The van der Waals surface area contributed by atoms with Gasteiger partial charge in [0.1, 0.15) is 5.60 Å². The Kier molecular flexibility index (Phi) is 9.97. The van der Waals surface area contributed by atoms with Gasteiger partial charge in [0, 0.05) is 12.7 Å². The second-order valence-corrected chi connectivity index (χ2v) is 11.3. The number of fused-ring (bicyclic) bond motifs is 1. The number of amides is 1. The van der Waals surface area contributed by atoms with Crippen LogP contribution in [0.2, 0.25) is 0 Å². The first-order chi connectivity index (χ1) is 17.6. The summed E-state index contributed by atoms with van der Waals surface area (Å²) in [7, 11) is 0. The normalized spacial score (nSPS) is 13.3. The molecule has 0 aromatic carbocycles. The number of ether oxygens (including phenoxy) is 1. The van der Waals surface area contributed by atoms with Gasteiger partial charge in [-0.15, -0.1) is 11.3 Å². The fourth-order valence-corrected chi connectivity index (χ4v) is 4.88. The minimum absolute atomic E-state index is 0.0703. The number of H-pyrrole nitrogens is 1. The maximum Gasteiger partial charge on any atom is 0.309 e. The summed E-state index contributed by atoms with van der Waals surface area (Å²) in [4.78, 5) is 50.2. The predicted octanol–water partition coefficient (Wildman–Crippen LogP) is 5.93. The molecule has 2 atom stereocenters. The molecule has 0 aliphatic carbocycles. The van der Waals surface area contributed by atoms with E-state index in [2.05, 4.69) is 27.2 Å². The van der Waals surface area contributed by atoms with Crippen LogP contribution in [0.3, 0.4) is 0 Å². The van der Waals surface area contributed by atoms with Gasteiger partial charge in [-0.2, -0.15) is 0 Å². The van der Waals surface area contributed by atoms with E-state index >= 15 is 0 Å². The van der Waals surface area contributed by atoms with Gasteiger partial charge >= 0.3 is 5.97 Å². The van der Waals surface area contributed by atoms with Crippen LogP contribution in [0.4, 0.5) is 0 Å². The second-order valence-electron chi connectivity index (χ2n) is 10.4. The Balaban J connectivity index is 1.52. The van der Waals surface area contributed by atoms with Crippen molar-refractivity contribution >= 4 is 40.2 Å². The highest BCUT2D eigenvalue weighted by molar-refractivity contribution is 7.12. The third kappa shape index (κ3) is 7.95. The highest BCUT2D eigenvalue weighted by Gasteiger charge is 2.24. The summed E-state index contributed by atoms with van der Waals surface area (Å²) in [5, 5.41) is 4.88. The first-order valence-corrected chi connectivity index (χ1v) is 13.9. The molecular weight excluding hydrogens is 488 g/mol. The smallest absolute Gasteiger partial charge is 0.309 e. The van der Waals surface area contributed by atoms with E-state index < -0.39 is 5.60 Å². The number of pyridine rings is 1. The molecule has 1 amide bonds. The molecule has 8 nitrogen and oxygen atoms in total. The zero-order valence-electron chi connectivity index (χ0n) is 22.4. The molecule has 3 rings (SSSR count). The molecular formula is C28H38N4O4S. The fraction of sp³-hybridized carbons (Fsp3) is 0.536. The molecule has 0 spiro atoms. The van der Waals surface area contributed by atoms with E-state index in [-0.39, 0.29) is 29.4 Å².